The second-order valence-electron chi connectivity index (χ2n) is 4.80. The van der Waals surface area contributed by atoms with Crippen LogP contribution in [0.1, 0.15) is 31.4 Å². The molecule has 0 spiro atoms. The third-order valence-electron chi connectivity index (χ3n) is 3.32. The fraction of sp³-hybridized carbons (Fsp3) is 0.533. The van der Waals surface area contributed by atoms with Crippen LogP contribution in [0.15, 0.2) is 30.3 Å². The minimum absolute atomic E-state index is 0. The molecular weight excluding hydrogens is 276 g/mol. The van der Waals surface area contributed by atoms with E-state index in [0.717, 1.165) is 31.5 Å². The molecule has 1 aliphatic heterocycles. The first kappa shape index (κ1) is 17.0. The Kier molecular flexibility index (Phi) is 7.59. The Morgan fingerprint density at radius 2 is 2.20 bits per heavy atom. The average Bonchev–Trinajstić information content (AvgIpc) is 2.46. The molecular formula is C15H23ClN2O2. The van der Waals surface area contributed by atoms with Gasteiger partial charge in [-0.3, -0.25) is 4.79 Å². The van der Waals surface area contributed by atoms with Crippen LogP contribution in [0.25, 0.3) is 0 Å². The van der Waals surface area contributed by atoms with Gasteiger partial charge in [-0.2, -0.15) is 0 Å². The van der Waals surface area contributed by atoms with E-state index in [1.807, 2.05) is 37.3 Å². The summed E-state index contributed by atoms with van der Waals surface area (Å²) in [5.41, 5.74) is 0.908. The van der Waals surface area contributed by atoms with Crippen molar-refractivity contribution in [1.82, 2.24) is 10.6 Å². The summed E-state index contributed by atoms with van der Waals surface area (Å²) >= 11 is 0. The van der Waals surface area contributed by atoms with E-state index in [2.05, 4.69) is 10.6 Å². The Morgan fingerprint density at radius 1 is 1.45 bits per heavy atom. The van der Waals surface area contributed by atoms with Crippen LogP contribution in [-0.2, 0) is 9.53 Å². The zero-order valence-electron chi connectivity index (χ0n) is 11.8. The van der Waals surface area contributed by atoms with E-state index in [-0.39, 0.29) is 24.4 Å². The van der Waals surface area contributed by atoms with E-state index in [4.69, 9.17) is 4.74 Å². The summed E-state index contributed by atoms with van der Waals surface area (Å²) in [6, 6.07) is 9.87. The van der Waals surface area contributed by atoms with Gasteiger partial charge in [-0.15, -0.1) is 12.4 Å². The largest absolute Gasteiger partial charge is 0.364 e. The van der Waals surface area contributed by atoms with Gasteiger partial charge < -0.3 is 15.4 Å². The normalized spacial score (nSPS) is 19.8. The van der Waals surface area contributed by atoms with Gasteiger partial charge in [0.15, 0.2) is 6.10 Å². The van der Waals surface area contributed by atoms with Gasteiger partial charge in [-0.1, -0.05) is 30.3 Å². The van der Waals surface area contributed by atoms with E-state index < -0.39 is 6.10 Å². The van der Waals surface area contributed by atoms with Crippen molar-refractivity contribution in [1.29, 1.82) is 0 Å². The standard InChI is InChI=1S/C15H22N2O2.ClH/c1-2-19-14(12-7-4-3-5-8-12)15(18)17-13-9-6-10-16-11-13;/h3-5,7-8,13-14,16H,2,6,9-11H2,1H3,(H,17,18);1H. The molecule has 2 rings (SSSR count). The molecule has 0 bridgehead atoms. The lowest BCUT2D eigenvalue weighted by atomic mass is 10.1. The molecule has 2 N–H and O–H groups in total. The molecule has 0 radical (unpaired) electrons. The van der Waals surface area contributed by atoms with Crippen LogP contribution in [0.2, 0.25) is 0 Å². The van der Waals surface area contributed by atoms with Crippen LogP contribution < -0.4 is 10.6 Å². The molecule has 0 aromatic heterocycles. The molecule has 0 aliphatic carbocycles. The van der Waals surface area contributed by atoms with Crippen molar-refractivity contribution in [2.24, 2.45) is 0 Å². The van der Waals surface area contributed by atoms with E-state index >= 15 is 0 Å². The van der Waals surface area contributed by atoms with Gasteiger partial charge >= 0.3 is 0 Å². The lowest BCUT2D eigenvalue weighted by Crippen LogP contribution is -2.47. The van der Waals surface area contributed by atoms with Gasteiger partial charge in [-0.05, 0) is 31.9 Å². The zero-order chi connectivity index (χ0) is 13.5. The van der Waals surface area contributed by atoms with E-state index in [1.54, 1.807) is 0 Å². The lowest BCUT2D eigenvalue weighted by Gasteiger charge is -2.26. The SMILES string of the molecule is CCOC(C(=O)NC1CCCNC1)c1ccccc1.Cl. The molecule has 1 aromatic rings. The Labute approximate surface area is 126 Å². The molecule has 4 nitrogen and oxygen atoms in total. The first-order valence-corrected chi connectivity index (χ1v) is 6.99. The molecule has 112 valence electrons. The maximum absolute atomic E-state index is 12.3. The minimum atomic E-state index is -0.506. The molecule has 1 amide bonds. The molecule has 1 fully saturated rings. The van der Waals surface area contributed by atoms with Crippen LogP contribution in [-0.4, -0.2) is 31.6 Å². The molecule has 2 atom stereocenters. The Hall–Kier alpha value is -1.10. The monoisotopic (exact) mass is 298 g/mol. The van der Waals surface area contributed by atoms with Crippen molar-refractivity contribution in [3.05, 3.63) is 35.9 Å². The number of amides is 1. The zero-order valence-corrected chi connectivity index (χ0v) is 12.6. The van der Waals surface area contributed by atoms with Gasteiger partial charge in [0.05, 0.1) is 0 Å². The smallest absolute Gasteiger partial charge is 0.254 e. The molecule has 5 heteroatoms. The van der Waals surface area contributed by atoms with Crippen molar-refractivity contribution >= 4 is 18.3 Å². The van der Waals surface area contributed by atoms with Gasteiger partial charge in [-0.25, -0.2) is 0 Å². The van der Waals surface area contributed by atoms with Gasteiger partial charge in [0.25, 0.3) is 5.91 Å². The molecule has 1 aromatic carbocycles. The first-order valence-electron chi connectivity index (χ1n) is 6.99. The number of nitrogens with one attached hydrogen (secondary N) is 2. The molecule has 1 heterocycles. The highest BCUT2D eigenvalue weighted by Gasteiger charge is 2.24. The summed E-state index contributed by atoms with van der Waals surface area (Å²) in [6.07, 6.45) is 1.63. The molecule has 20 heavy (non-hydrogen) atoms. The third kappa shape index (κ3) is 4.78. The first-order chi connectivity index (χ1) is 9.31. The number of hydrogen-bond acceptors (Lipinski definition) is 3. The molecule has 0 saturated carbocycles. The second kappa shape index (κ2) is 8.95. The molecule has 2 unspecified atom stereocenters. The number of rotatable bonds is 5. The third-order valence-corrected chi connectivity index (χ3v) is 3.32. The van der Waals surface area contributed by atoms with E-state index in [0.29, 0.717) is 6.61 Å². The molecule has 1 saturated heterocycles. The summed E-state index contributed by atoms with van der Waals surface area (Å²) in [4.78, 5) is 12.3. The topological polar surface area (TPSA) is 50.4 Å². The lowest BCUT2D eigenvalue weighted by molar-refractivity contribution is -0.133. The number of hydrogen-bond donors (Lipinski definition) is 2. The Balaban J connectivity index is 0.00000200. The van der Waals surface area contributed by atoms with Crippen molar-refractivity contribution in [2.45, 2.75) is 31.9 Å². The summed E-state index contributed by atoms with van der Waals surface area (Å²) in [7, 11) is 0. The highest BCUT2D eigenvalue weighted by atomic mass is 35.5. The number of carbonyl (C=O) groups is 1. The molecule has 1 aliphatic rings. The highest BCUT2D eigenvalue weighted by Crippen LogP contribution is 2.18. The van der Waals surface area contributed by atoms with Crippen LogP contribution in [0.3, 0.4) is 0 Å². The van der Waals surface area contributed by atoms with Crippen LogP contribution in [0, 0.1) is 0 Å². The van der Waals surface area contributed by atoms with Crippen molar-refractivity contribution < 1.29 is 9.53 Å². The van der Waals surface area contributed by atoms with Crippen molar-refractivity contribution in [3.8, 4) is 0 Å². The number of ether oxygens (including phenoxy) is 1. The summed E-state index contributed by atoms with van der Waals surface area (Å²) < 4.78 is 5.60. The van der Waals surface area contributed by atoms with E-state index in [1.165, 1.54) is 0 Å². The Bertz CT molecular complexity index is 394. The summed E-state index contributed by atoms with van der Waals surface area (Å²) in [6.45, 7) is 4.32. The van der Waals surface area contributed by atoms with Crippen LogP contribution >= 0.6 is 12.4 Å². The van der Waals surface area contributed by atoms with E-state index in [9.17, 15) is 4.79 Å². The fourth-order valence-corrected chi connectivity index (χ4v) is 2.37. The fourth-order valence-electron chi connectivity index (χ4n) is 2.37. The summed E-state index contributed by atoms with van der Waals surface area (Å²) in [5.74, 6) is -0.0400. The second-order valence-corrected chi connectivity index (χ2v) is 4.80. The van der Waals surface area contributed by atoms with Gasteiger partial charge in [0.2, 0.25) is 0 Å². The Morgan fingerprint density at radius 3 is 2.80 bits per heavy atom. The minimum Gasteiger partial charge on any atom is -0.364 e. The predicted molar refractivity (Wildman–Crippen MR) is 82.1 cm³/mol. The number of benzene rings is 1. The average molecular weight is 299 g/mol. The number of piperidine rings is 1. The highest BCUT2D eigenvalue weighted by molar-refractivity contribution is 5.85. The summed E-state index contributed by atoms with van der Waals surface area (Å²) in [5, 5.41) is 6.37. The maximum atomic E-state index is 12.3. The quantitative estimate of drug-likeness (QED) is 0.875. The maximum Gasteiger partial charge on any atom is 0.254 e. The number of carbonyl (C=O) groups excluding carboxylic acids is 1. The van der Waals surface area contributed by atoms with Crippen molar-refractivity contribution in [2.75, 3.05) is 19.7 Å². The van der Waals surface area contributed by atoms with Gasteiger partial charge in [0.1, 0.15) is 0 Å². The van der Waals surface area contributed by atoms with Crippen LogP contribution in [0.4, 0.5) is 0 Å². The number of halogens is 1. The van der Waals surface area contributed by atoms with Crippen molar-refractivity contribution in [3.63, 3.8) is 0 Å². The van der Waals surface area contributed by atoms with Crippen LogP contribution in [0.5, 0.6) is 0 Å². The van der Waals surface area contributed by atoms with Gasteiger partial charge in [0, 0.05) is 19.2 Å². The predicted octanol–water partition coefficient (Wildman–Crippen LogP) is 2.05.